The number of rotatable bonds is 8. The first-order chi connectivity index (χ1) is 16.4. The maximum Gasteiger partial charge on any atom is 0.267 e. The van der Waals surface area contributed by atoms with E-state index in [-0.39, 0.29) is 23.3 Å². The normalized spacial score (nSPS) is 12.1. The lowest BCUT2D eigenvalue weighted by Crippen LogP contribution is -2.31. The number of carbonyl (C=O) groups is 1. The number of nitrogens with zero attached hydrogens (tertiary/aromatic N) is 3. The van der Waals surface area contributed by atoms with Gasteiger partial charge in [-0.3, -0.25) is 9.59 Å². The van der Waals surface area contributed by atoms with Gasteiger partial charge in [-0.15, -0.1) is 0 Å². The number of carbonyl (C=O) groups excluding carboxylic acids is 1. The van der Waals surface area contributed by atoms with E-state index >= 15 is 0 Å². The van der Waals surface area contributed by atoms with Crippen LogP contribution in [0.25, 0.3) is 16.7 Å². The van der Waals surface area contributed by atoms with Gasteiger partial charge < -0.3 is 5.32 Å². The summed E-state index contributed by atoms with van der Waals surface area (Å²) in [7, 11) is 0. The fourth-order valence-corrected chi connectivity index (χ4v) is 4.67. The lowest BCUT2D eigenvalue weighted by Gasteiger charge is -2.21. The number of nitrogens with one attached hydrogen (secondary N) is 1. The molecule has 0 saturated carbocycles. The summed E-state index contributed by atoms with van der Waals surface area (Å²) in [4.78, 5) is 35.4. The number of aryl methyl sites for hydroxylation is 1. The molecule has 0 fully saturated rings. The molecule has 0 bridgehead atoms. The van der Waals surface area contributed by atoms with Crippen molar-refractivity contribution in [3.05, 3.63) is 94.4 Å². The van der Waals surface area contributed by atoms with Crippen LogP contribution in [-0.4, -0.2) is 26.2 Å². The molecule has 1 amide bonds. The zero-order valence-corrected chi connectivity index (χ0v) is 20.4. The summed E-state index contributed by atoms with van der Waals surface area (Å²) >= 11 is 1.24. The van der Waals surface area contributed by atoms with Crippen LogP contribution in [0.4, 0.5) is 0 Å². The monoisotopic (exact) mass is 472 g/mol. The van der Waals surface area contributed by atoms with Crippen molar-refractivity contribution in [3.8, 4) is 5.82 Å². The quantitative estimate of drug-likeness (QED) is 0.286. The van der Waals surface area contributed by atoms with E-state index < -0.39 is 0 Å². The average Bonchev–Trinajstić information content (AvgIpc) is 2.83. The molecule has 0 radical (unpaired) electrons. The topological polar surface area (TPSA) is 76.9 Å². The third-order valence-corrected chi connectivity index (χ3v) is 6.39. The molecule has 4 rings (SSSR count). The third kappa shape index (κ3) is 5.54. The maximum atomic E-state index is 13.4. The zero-order chi connectivity index (χ0) is 24.1. The number of aromatic nitrogens is 3. The number of para-hydroxylation sites is 1. The minimum atomic E-state index is -0.200. The number of fused-ring (bicyclic) bond motifs is 1. The molecule has 0 aliphatic carbocycles. The number of amides is 1. The van der Waals surface area contributed by atoms with Crippen LogP contribution in [-0.2, 0) is 4.79 Å². The summed E-state index contributed by atoms with van der Waals surface area (Å²) in [5.41, 5.74) is 2.47. The zero-order valence-electron chi connectivity index (χ0n) is 19.6. The highest BCUT2D eigenvalue weighted by Gasteiger charge is 2.19. The highest BCUT2D eigenvalue weighted by atomic mass is 32.2. The van der Waals surface area contributed by atoms with Crippen LogP contribution in [0.5, 0.6) is 0 Å². The molecule has 4 aromatic rings. The predicted octanol–water partition coefficient (Wildman–Crippen LogP) is 5.08. The fourth-order valence-electron chi connectivity index (χ4n) is 3.85. The lowest BCUT2D eigenvalue weighted by molar-refractivity contribution is -0.119. The Balaban J connectivity index is 1.62. The molecular weight excluding hydrogens is 444 g/mol. The minimum absolute atomic E-state index is 0.0699. The second kappa shape index (κ2) is 10.7. The van der Waals surface area contributed by atoms with E-state index in [0.717, 1.165) is 17.5 Å². The number of pyridine rings is 1. The van der Waals surface area contributed by atoms with Crippen molar-refractivity contribution in [2.24, 2.45) is 5.92 Å². The lowest BCUT2D eigenvalue weighted by atomic mass is 9.97. The van der Waals surface area contributed by atoms with Gasteiger partial charge in [-0.05, 0) is 54.7 Å². The molecule has 2 heterocycles. The number of hydrogen-bond acceptors (Lipinski definition) is 5. The molecule has 7 heteroatoms. The van der Waals surface area contributed by atoms with Crippen LogP contribution < -0.4 is 10.9 Å². The summed E-state index contributed by atoms with van der Waals surface area (Å²) in [6.45, 7) is 6.23. The van der Waals surface area contributed by atoms with E-state index in [2.05, 4.69) is 24.1 Å². The van der Waals surface area contributed by atoms with Gasteiger partial charge in [0.25, 0.3) is 5.56 Å². The molecular formula is C27H28N4O2S. The Hall–Kier alpha value is -3.45. The van der Waals surface area contributed by atoms with Crippen LogP contribution in [0, 0.1) is 12.8 Å². The van der Waals surface area contributed by atoms with Gasteiger partial charge in [0, 0.05) is 6.20 Å². The first-order valence-corrected chi connectivity index (χ1v) is 12.3. The van der Waals surface area contributed by atoms with Crippen LogP contribution in [0.2, 0.25) is 0 Å². The molecule has 174 valence electrons. The summed E-state index contributed by atoms with van der Waals surface area (Å²) < 4.78 is 1.50. The number of benzene rings is 2. The second-order valence-electron chi connectivity index (χ2n) is 8.69. The Morgan fingerprint density at radius 3 is 2.53 bits per heavy atom. The van der Waals surface area contributed by atoms with Gasteiger partial charge in [0.05, 0.1) is 22.7 Å². The molecule has 0 aliphatic heterocycles. The smallest absolute Gasteiger partial charge is 0.267 e. The Bertz CT molecular complexity index is 1350. The van der Waals surface area contributed by atoms with E-state index in [1.807, 2.05) is 67.6 Å². The summed E-state index contributed by atoms with van der Waals surface area (Å²) in [5.74, 6) is 0.953. The van der Waals surface area contributed by atoms with Crippen LogP contribution in [0.1, 0.15) is 37.4 Å². The number of hydrogen-bond donors (Lipinski definition) is 1. The van der Waals surface area contributed by atoms with Gasteiger partial charge >= 0.3 is 0 Å². The second-order valence-corrected chi connectivity index (χ2v) is 9.63. The maximum absolute atomic E-state index is 13.4. The molecule has 1 atom stereocenters. The molecule has 2 aromatic heterocycles. The van der Waals surface area contributed by atoms with Crippen molar-refractivity contribution < 1.29 is 4.79 Å². The minimum Gasteiger partial charge on any atom is -0.349 e. The Morgan fingerprint density at radius 2 is 1.79 bits per heavy atom. The fraction of sp³-hybridized carbons (Fsp3) is 0.259. The van der Waals surface area contributed by atoms with Crippen molar-refractivity contribution in [2.45, 2.75) is 38.4 Å². The summed E-state index contributed by atoms with van der Waals surface area (Å²) in [6.07, 6.45) is 2.51. The van der Waals surface area contributed by atoms with Gasteiger partial charge in [-0.1, -0.05) is 68.1 Å². The molecule has 34 heavy (non-hydrogen) atoms. The summed E-state index contributed by atoms with van der Waals surface area (Å²) in [5, 5.41) is 4.12. The molecule has 0 saturated heterocycles. The van der Waals surface area contributed by atoms with Gasteiger partial charge in [0.2, 0.25) is 5.91 Å². The Labute approximate surface area is 203 Å². The van der Waals surface area contributed by atoms with Crippen LogP contribution >= 0.6 is 11.8 Å². The van der Waals surface area contributed by atoms with E-state index in [0.29, 0.717) is 27.8 Å². The SMILES string of the molecule is Cc1ccnc(-n2c(SCC(=O)NC(CC(C)C)c3ccccc3)nc3ccccc3c2=O)c1. The van der Waals surface area contributed by atoms with Crippen molar-refractivity contribution in [2.75, 3.05) is 5.75 Å². The van der Waals surface area contributed by atoms with Gasteiger partial charge in [-0.25, -0.2) is 14.5 Å². The van der Waals surface area contributed by atoms with E-state index in [1.54, 1.807) is 12.3 Å². The first-order valence-electron chi connectivity index (χ1n) is 11.3. The van der Waals surface area contributed by atoms with Crippen molar-refractivity contribution in [1.29, 1.82) is 0 Å². The third-order valence-electron chi connectivity index (χ3n) is 5.45. The Kier molecular flexibility index (Phi) is 7.43. The van der Waals surface area contributed by atoms with E-state index in [4.69, 9.17) is 4.98 Å². The first kappa shape index (κ1) is 23.7. The summed E-state index contributed by atoms with van der Waals surface area (Å²) in [6, 6.07) is 20.9. The Morgan fingerprint density at radius 1 is 1.06 bits per heavy atom. The standard InChI is InChI=1S/C27H28N4O2S/c1-18(2)15-23(20-9-5-4-6-10-20)29-25(32)17-34-27-30-22-12-8-7-11-21(22)26(33)31(27)24-16-19(3)13-14-28-24/h4-14,16,18,23H,15,17H2,1-3H3,(H,29,32). The van der Waals surface area contributed by atoms with Crippen LogP contribution in [0.15, 0.2) is 82.9 Å². The molecule has 2 aromatic carbocycles. The molecule has 0 spiro atoms. The van der Waals surface area contributed by atoms with Crippen molar-refractivity contribution >= 4 is 28.6 Å². The van der Waals surface area contributed by atoms with Crippen molar-refractivity contribution in [1.82, 2.24) is 19.9 Å². The average molecular weight is 473 g/mol. The van der Waals surface area contributed by atoms with E-state index in [1.165, 1.54) is 16.3 Å². The number of thioether (sulfide) groups is 1. The van der Waals surface area contributed by atoms with Gasteiger partial charge in [0.15, 0.2) is 5.16 Å². The largest absolute Gasteiger partial charge is 0.349 e. The van der Waals surface area contributed by atoms with Crippen molar-refractivity contribution in [3.63, 3.8) is 0 Å². The highest BCUT2D eigenvalue weighted by molar-refractivity contribution is 7.99. The molecule has 1 N–H and O–H groups in total. The molecule has 0 aliphatic rings. The van der Waals surface area contributed by atoms with E-state index in [9.17, 15) is 9.59 Å². The van der Waals surface area contributed by atoms with Gasteiger partial charge in [0.1, 0.15) is 5.82 Å². The predicted molar refractivity (Wildman–Crippen MR) is 137 cm³/mol. The van der Waals surface area contributed by atoms with Gasteiger partial charge in [-0.2, -0.15) is 0 Å². The molecule has 1 unspecified atom stereocenters. The van der Waals surface area contributed by atoms with Crippen LogP contribution in [0.3, 0.4) is 0 Å². The highest BCUT2D eigenvalue weighted by Crippen LogP contribution is 2.23. The molecule has 6 nitrogen and oxygen atoms in total.